The summed E-state index contributed by atoms with van der Waals surface area (Å²) in [5.41, 5.74) is 2.61. The zero-order valence-electron chi connectivity index (χ0n) is 21.1. The quantitative estimate of drug-likeness (QED) is 0.578. The third-order valence-corrected chi connectivity index (χ3v) is 7.60. The molecule has 0 spiro atoms. The van der Waals surface area contributed by atoms with Gasteiger partial charge in [-0.15, -0.1) is 0 Å². The van der Waals surface area contributed by atoms with Gasteiger partial charge in [0, 0.05) is 35.5 Å². The standard InChI is InChI=1S/C28H33N3O4/c1-17(2)13-14-30-16-23(32)31-15-20(18-10-8-12-22(34-4)25(18)35-5)24-19-9-6-7-11-21(19)29-26(24)28(31,3)27(30)33/h6-12,17,20,29H,13-16H2,1-5H3/t20-,28-/m0/s1. The number of piperazine rings is 1. The molecule has 5 rings (SSSR count). The molecule has 3 aromatic rings. The van der Waals surface area contributed by atoms with Gasteiger partial charge in [-0.1, -0.05) is 44.2 Å². The predicted molar refractivity (Wildman–Crippen MR) is 135 cm³/mol. The first-order chi connectivity index (χ1) is 16.8. The molecule has 7 nitrogen and oxygen atoms in total. The number of carbonyl (C=O) groups is 2. The molecule has 1 aromatic heterocycles. The van der Waals surface area contributed by atoms with E-state index >= 15 is 0 Å². The van der Waals surface area contributed by atoms with Crippen molar-refractivity contribution in [2.24, 2.45) is 5.92 Å². The van der Waals surface area contributed by atoms with E-state index < -0.39 is 5.54 Å². The van der Waals surface area contributed by atoms with E-state index in [4.69, 9.17) is 9.47 Å². The van der Waals surface area contributed by atoms with E-state index in [2.05, 4.69) is 24.9 Å². The van der Waals surface area contributed by atoms with Crippen LogP contribution in [0.1, 0.15) is 49.9 Å². The molecule has 1 fully saturated rings. The van der Waals surface area contributed by atoms with Crippen molar-refractivity contribution in [2.45, 2.75) is 38.6 Å². The van der Waals surface area contributed by atoms with Crippen molar-refractivity contribution < 1.29 is 19.1 Å². The van der Waals surface area contributed by atoms with Crippen molar-refractivity contribution in [1.82, 2.24) is 14.8 Å². The van der Waals surface area contributed by atoms with Crippen LogP contribution in [-0.2, 0) is 15.1 Å². The van der Waals surface area contributed by atoms with Gasteiger partial charge in [-0.05, 0) is 37.0 Å². The van der Waals surface area contributed by atoms with Crippen molar-refractivity contribution in [3.8, 4) is 11.5 Å². The number of benzene rings is 2. The molecule has 0 saturated carbocycles. The van der Waals surface area contributed by atoms with Crippen LogP contribution < -0.4 is 9.47 Å². The lowest BCUT2D eigenvalue weighted by atomic mass is 9.76. The Hall–Kier alpha value is -3.48. The summed E-state index contributed by atoms with van der Waals surface area (Å²) in [6.45, 7) is 7.23. The fourth-order valence-corrected chi connectivity index (χ4v) is 5.74. The van der Waals surface area contributed by atoms with Crippen molar-refractivity contribution >= 4 is 22.7 Å². The number of methoxy groups -OCH3 is 2. The van der Waals surface area contributed by atoms with Crippen molar-refractivity contribution in [3.63, 3.8) is 0 Å². The van der Waals surface area contributed by atoms with Gasteiger partial charge in [-0.3, -0.25) is 9.59 Å². The van der Waals surface area contributed by atoms with Crippen LogP contribution in [0.5, 0.6) is 11.5 Å². The smallest absolute Gasteiger partial charge is 0.254 e. The molecule has 3 heterocycles. The average molecular weight is 476 g/mol. The van der Waals surface area contributed by atoms with Gasteiger partial charge >= 0.3 is 0 Å². The SMILES string of the molecule is COc1cccc([C@@H]2CN3C(=O)CN(CCC(C)C)C(=O)[C@]3(C)c3[nH]c4ccccc4c32)c1OC. The second kappa shape index (κ2) is 8.63. The molecule has 2 aromatic carbocycles. The largest absolute Gasteiger partial charge is 0.493 e. The van der Waals surface area contributed by atoms with Crippen LogP contribution in [0.25, 0.3) is 10.9 Å². The number of nitrogens with zero attached hydrogens (tertiary/aromatic N) is 2. The number of para-hydroxylation sites is 2. The zero-order valence-corrected chi connectivity index (χ0v) is 21.1. The predicted octanol–water partition coefficient (Wildman–Crippen LogP) is 4.26. The highest BCUT2D eigenvalue weighted by molar-refractivity contribution is 6.01. The molecule has 2 aliphatic heterocycles. The van der Waals surface area contributed by atoms with E-state index in [0.29, 0.717) is 30.5 Å². The number of hydrogen-bond acceptors (Lipinski definition) is 4. The molecule has 0 aliphatic carbocycles. The van der Waals surface area contributed by atoms with Gasteiger partial charge in [0.05, 0.1) is 26.5 Å². The summed E-state index contributed by atoms with van der Waals surface area (Å²) in [5, 5.41) is 1.05. The highest BCUT2D eigenvalue weighted by Crippen LogP contribution is 2.50. The number of nitrogens with one attached hydrogen (secondary N) is 1. The molecular formula is C28H33N3O4. The maximum absolute atomic E-state index is 14.0. The molecule has 0 unspecified atom stereocenters. The van der Waals surface area contributed by atoms with E-state index in [1.165, 1.54) is 0 Å². The Kier molecular flexibility index (Phi) is 5.74. The Morgan fingerprint density at radius 1 is 1.09 bits per heavy atom. The van der Waals surface area contributed by atoms with Gasteiger partial charge in [-0.25, -0.2) is 0 Å². The maximum atomic E-state index is 14.0. The minimum absolute atomic E-state index is 0.0263. The van der Waals surface area contributed by atoms with Gasteiger partial charge < -0.3 is 24.3 Å². The number of amides is 2. The number of aromatic amines is 1. The monoisotopic (exact) mass is 475 g/mol. The van der Waals surface area contributed by atoms with Crippen LogP contribution in [-0.4, -0.2) is 60.5 Å². The maximum Gasteiger partial charge on any atom is 0.254 e. The Labute approximate surface area is 206 Å². The topological polar surface area (TPSA) is 74.9 Å². The summed E-state index contributed by atoms with van der Waals surface area (Å²) in [6, 6.07) is 13.9. The second-order valence-corrected chi connectivity index (χ2v) is 10.1. The van der Waals surface area contributed by atoms with Crippen LogP contribution in [0.3, 0.4) is 0 Å². The van der Waals surface area contributed by atoms with Crippen LogP contribution >= 0.6 is 0 Å². The van der Waals surface area contributed by atoms with Gasteiger partial charge in [-0.2, -0.15) is 0 Å². The molecule has 35 heavy (non-hydrogen) atoms. The van der Waals surface area contributed by atoms with E-state index in [1.54, 1.807) is 24.0 Å². The molecule has 2 aliphatic rings. The van der Waals surface area contributed by atoms with E-state index in [-0.39, 0.29) is 24.3 Å². The Morgan fingerprint density at radius 3 is 2.57 bits per heavy atom. The first kappa shape index (κ1) is 23.3. The lowest BCUT2D eigenvalue weighted by molar-refractivity contribution is -0.166. The van der Waals surface area contributed by atoms with Gasteiger partial charge in [0.15, 0.2) is 17.0 Å². The Bertz CT molecular complexity index is 1300. The van der Waals surface area contributed by atoms with Crippen LogP contribution in [0.4, 0.5) is 0 Å². The normalized spacial score (nSPS) is 21.9. The average Bonchev–Trinajstić information content (AvgIpc) is 3.25. The fraction of sp³-hybridized carbons (Fsp3) is 0.429. The van der Waals surface area contributed by atoms with E-state index in [0.717, 1.165) is 34.1 Å². The molecule has 0 radical (unpaired) electrons. The summed E-state index contributed by atoms with van der Waals surface area (Å²) < 4.78 is 11.4. The Morgan fingerprint density at radius 2 is 1.86 bits per heavy atom. The Balaban J connectivity index is 1.72. The summed E-state index contributed by atoms with van der Waals surface area (Å²) in [7, 11) is 3.25. The van der Waals surface area contributed by atoms with Crippen molar-refractivity contribution in [1.29, 1.82) is 0 Å². The number of carbonyl (C=O) groups excluding carboxylic acids is 2. The third-order valence-electron chi connectivity index (χ3n) is 7.60. The van der Waals surface area contributed by atoms with Crippen LogP contribution in [0.15, 0.2) is 42.5 Å². The molecule has 1 N–H and O–H groups in total. The number of H-pyrrole nitrogens is 1. The number of rotatable bonds is 6. The number of ether oxygens (including phenoxy) is 2. The molecule has 2 amide bonds. The van der Waals surface area contributed by atoms with Crippen LogP contribution in [0, 0.1) is 5.92 Å². The van der Waals surface area contributed by atoms with Crippen molar-refractivity contribution in [3.05, 3.63) is 59.3 Å². The number of aromatic nitrogens is 1. The lowest BCUT2D eigenvalue weighted by Crippen LogP contribution is -2.67. The highest BCUT2D eigenvalue weighted by atomic mass is 16.5. The summed E-state index contributed by atoms with van der Waals surface area (Å²) >= 11 is 0. The molecule has 184 valence electrons. The highest BCUT2D eigenvalue weighted by Gasteiger charge is 2.56. The number of hydrogen-bond donors (Lipinski definition) is 1. The molecule has 7 heteroatoms. The molecule has 0 bridgehead atoms. The minimum Gasteiger partial charge on any atom is -0.493 e. The molecule has 2 atom stereocenters. The van der Waals surface area contributed by atoms with Crippen LogP contribution in [0.2, 0.25) is 0 Å². The second-order valence-electron chi connectivity index (χ2n) is 10.1. The first-order valence-corrected chi connectivity index (χ1v) is 12.2. The lowest BCUT2D eigenvalue weighted by Gasteiger charge is -2.51. The van der Waals surface area contributed by atoms with Gasteiger partial charge in [0.1, 0.15) is 0 Å². The minimum atomic E-state index is -1.09. The van der Waals surface area contributed by atoms with Gasteiger partial charge in [0.2, 0.25) is 5.91 Å². The number of fused-ring (bicyclic) bond motifs is 5. The first-order valence-electron chi connectivity index (χ1n) is 12.2. The summed E-state index contributed by atoms with van der Waals surface area (Å²) in [5.74, 6) is 1.49. The summed E-state index contributed by atoms with van der Waals surface area (Å²) in [6.07, 6.45) is 0.859. The van der Waals surface area contributed by atoms with E-state index in [1.807, 2.05) is 43.3 Å². The fourth-order valence-electron chi connectivity index (χ4n) is 5.74. The van der Waals surface area contributed by atoms with Crippen molar-refractivity contribution in [2.75, 3.05) is 33.9 Å². The molecular weight excluding hydrogens is 442 g/mol. The zero-order chi connectivity index (χ0) is 24.9. The third kappa shape index (κ3) is 3.48. The summed E-state index contributed by atoms with van der Waals surface area (Å²) in [4.78, 5) is 34.6. The molecule has 1 saturated heterocycles. The van der Waals surface area contributed by atoms with E-state index in [9.17, 15) is 9.59 Å². The van der Waals surface area contributed by atoms with Gasteiger partial charge in [0.25, 0.3) is 5.91 Å².